The summed E-state index contributed by atoms with van der Waals surface area (Å²) in [5, 5.41) is 8.82. The third-order valence-electron chi connectivity index (χ3n) is 3.37. The molecule has 5 heteroatoms. The van der Waals surface area contributed by atoms with Crippen LogP contribution in [0.3, 0.4) is 0 Å². The smallest absolute Gasteiger partial charge is 0.304 e. The van der Waals surface area contributed by atoms with Gasteiger partial charge in [-0.2, -0.15) is 0 Å². The standard InChI is InChI=1S/C14H15N3O2/c18-14(19)5-7-16-9-11-3-1-2-4-12(11)17-8-6-15-13(17)10-16/h1-4,6,8H,5,7,9-10H2,(H,18,19). The first-order valence-electron chi connectivity index (χ1n) is 6.28. The Balaban J connectivity index is 1.94. The number of carbonyl (C=O) groups is 1. The van der Waals surface area contributed by atoms with Gasteiger partial charge in [0.1, 0.15) is 5.82 Å². The van der Waals surface area contributed by atoms with E-state index in [1.54, 1.807) is 6.20 Å². The van der Waals surface area contributed by atoms with Gasteiger partial charge in [0, 0.05) is 25.5 Å². The molecule has 0 saturated heterocycles. The Bertz CT molecular complexity index is 606. The molecule has 0 bridgehead atoms. The summed E-state index contributed by atoms with van der Waals surface area (Å²) in [5.74, 6) is 0.191. The molecular weight excluding hydrogens is 242 g/mol. The average molecular weight is 257 g/mol. The molecule has 1 aliphatic rings. The van der Waals surface area contributed by atoms with E-state index in [4.69, 9.17) is 5.11 Å². The van der Waals surface area contributed by atoms with Crippen molar-refractivity contribution >= 4 is 5.97 Å². The molecule has 5 nitrogen and oxygen atoms in total. The summed E-state index contributed by atoms with van der Waals surface area (Å²) in [6.45, 7) is 1.97. The molecule has 0 atom stereocenters. The number of aromatic nitrogens is 2. The molecule has 0 aliphatic carbocycles. The van der Waals surface area contributed by atoms with E-state index in [-0.39, 0.29) is 6.42 Å². The van der Waals surface area contributed by atoms with E-state index in [1.807, 2.05) is 18.3 Å². The van der Waals surface area contributed by atoms with Crippen molar-refractivity contribution in [2.24, 2.45) is 0 Å². The Morgan fingerprint density at radius 1 is 1.32 bits per heavy atom. The summed E-state index contributed by atoms with van der Waals surface area (Å²) in [7, 11) is 0. The Morgan fingerprint density at radius 3 is 3.00 bits per heavy atom. The van der Waals surface area contributed by atoms with Gasteiger partial charge in [-0.1, -0.05) is 18.2 Å². The number of rotatable bonds is 3. The van der Waals surface area contributed by atoms with Crippen molar-refractivity contribution in [1.82, 2.24) is 14.5 Å². The van der Waals surface area contributed by atoms with E-state index in [0.29, 0.717) is 13.1 Å². The number of nitrogens with zero attached hydrogens (tertiary/aromatic N) is 3. The van der Waals surface area contributed by atoms with Crippen LogP contribution in [0.1, 0.15) is 17.8 Å². The van der Waals surface area contributed by atoms with Crippen LogP contribution in [-0.4, -0.2) is 32.1 Å². The summed E-state index contributed by atoms with van der Waals surface area (Å²) in [5.41, 5.74) is 2.33. The van der Waals surface area contributed by atoms with Gasteiger partial charge in [-0.25, -0.2) is 4.98 Å². The van der Waals surface area contributed by atoms with Gasteiger partial charge in [0.05, 0.1) is 18.7 Å². The maximum absolute atomic E-state index is 10.7. The molecule has 0 unspecified atom stereocenters. The van der Waals surface area contributed by atoms with Gasteiger partial charge in [0.15, 0.2) is 0 Å². The Morgan fingerprint density at radius 2 is 2.16 bits per heavy atom. The largest absolute Gasteiger partial charge is 0.481 e. The molecule has 2 heterocycles. The number of imidazole rings is 1. The van der Waals surface area contributed by atoms with Crippen molar-refractivity contribution in [1.29, 1.82) is 0 Å². The SMILES string of the molecule is O=C(O)CCN1Cc2ccccc2-n2ccnc2C1. The van der Waals surface area contributed by atoms with E-state index < -0.39 is 5.97 Å². The van der Waals surface area contributed by atoms with Crippen molar-refractivity contribution in [3.63, 3.8) is 0 Å². The number of hydrogen-bond acceptors (Lipinski definition) is 3. The molecule has 1 N–H and O–H groups in total. The van der Waals surface area contributed by atoms with Gasteiger partial charge in [0.25, 0.3) is 0 Å². The Labute approximate surface area is 111 Å². The Kier molecular flexibility index (Phi) is 3.05. The fourth-order valence-electron chi connectivity index (χ4n) is 2.46. The third kappa shape index (κ3) is 2.37. The van der Waals surface area contributed by atoms with Crippen LogP contribution in [0, 0.1) is 0 Å². The summed E-state index contributed by atoms with van der Waals surface area (Å²) in [6, 6.07) is 8.17. The van der Waals surface area contributed by atoms with Gasteiger partial charge in [0.2, 0.25) is 0 Å². The highest BCUT2D eigenvalue weighted by atomic mass is 16.4. The lowest BCUT2D eigenvalue weighted by atomic mass is 10.1. The first-order chi connectivity index (χ1) is 9.24. The van der Waals surface area contributed by atoms with Crippen LogP contribution < -0.4 is 0 Å². The lowest BCUT2D eigenvalue weighted by Gasteiger charge is -2.18. The normalized spacial score (nSPS) is 14.5. The molecule has 2 aromatic rings. The topological polar surface area (TPSA) is 58.4 Å². The zero-order valence-electron chi connectivity index (χ0n) is 10.5. The minimum Gasteiger partial charge on any atom is -0.481 e. The lowest BCUT2D eigenvalue weighted by molar-refractivity contribution is -0.137. The number of benzene rings is 1. The highest BCUT2D eigenvalue weighted by Crippen LogP contribution is 2.23. The second-order valence-electron chi connectivity index (χ2n) is 4.70. The molecule has 98 valence electrons. The number of aliphatic carboxylic acids is 1. The van der Waals surface area contributed by atoms with Crippen molar-refractivity contribution in [2.75, 3.05) is 6.54 Å². The molecule has 0 fully saturated rings. The van der Waals surface area contributed by atoms with Gasteiger partial charge in [-0.05, 0) is 11.6 Å². The number of fused-ring (bicyclic) bond motifs is 3. The monoisotopic (exact) mass is 257 g/mol. The van der Waals surface area contributed by atoms with Crippen LogP contribution in [0.2, 0.25) is 0 Å². The second-order valence-corrected chi connectivity index (χ2v) is 4.70. The molecule has 0 amide bonds. The summed E-state index contributed by atoms with van der Waals surface area (Å²) in [4.78, 5) is 17.2. The van der Waals surface area contributed by atoms with Crippen LogP contribution in [0.15, 0.2) is 36.7 Å². The number of carboxylic acids is 1. The van der Waals surface area contributed by atoms with E-state index >= 15 is 0 Å². The van der Waals surface area contributed by atoms with Crippen molar-refractivity contribution in [3.05, 3.63) is 48.0 Å². The van der Waals surface area contributed by atoms with E-state index in [1.165, 1.54) is 5.56 Å². The van der Waals surface area contributed by atoms with E-state index in [0.717, 1.165) is 18.1 Å². The fraction of sp³-hybridized carbons (Fsp3) is 0.286. The molecule has 1 aromatic carbocycles. The summed E-state index contributed by atoms with van der Waals surface area (Å²) >= 11 is 0. The fourth-order valence-corrected chi connectivity index (χ4v) is 2.46. The van der Waals surface area contributed by atoms with Gasteiger partial charge < -0.3 is 9.67 Å². The van der Waals surface area contributed by atoms with Crippen LogP contribution in [0.5, 0.6) is 0 Å². The van der Waals surface area contributed by atoms with Crippen LogP contribution in [-0.2, 0) is 17.9 Å². The molecule has 1 aromatic heterocycles. The van der Waals surface area contributed by atoms with Gasteiger partial charge in [-0.3, -0.25) is 9.69 Å². The molecule has 3 rings (SSSR count). The van der Waals surface area contributed by atoms with Crippen LogP contribution in [0.4, 0.5) is 0 Å². The quantitative estimate of drug-likeness (QED) is 0.908. The predicted octanol–water partition coefficient (Wildman–Crippen LogP) is 1.66. The van der Waals surface area contributed by atoms with Gasteiger partial charge in [-0.15, -0.1) is 0 Å². The van der Waals surface area contributed by atoms with Gasteiger partial charge >= 0.3 is 5.97 Å². The summed E-state index contributed by atoms with van der Waals surface area (Å²) < 4.78 is 2.08. The lowest BCUT2D eigenvalue weighted by Crippen LogP contribution is -2.25. The maximum atomic E-state index is 10.7. The first kappa shape index (κ1) is 11.9. The highest BCUT2D eigenvalue weighted by Gasteiger charge is 2.19. The van der Waals surface area contributed by atoms with E-state index in [2.05, 4.69) is 26.6 Å². The highest BCUT2D eigenvalue weighted by molar-refractivity contribution is 5.66. The minimum absolute atomic E-state index is 0.156. The number of hydrogen-bond donors (Lipinski definition) is 1. The van der Waals surface area contributed by atoms with Crippen molar-refractivity contribution in [3.8, 4) is 5.69 Å². The molecular formula is C14H15N3O2. The minimum atomic E-state index is -0.763. The molecule has 19 heavy (non-hydrogen) atoms. The average Bonchev–Trinajstić information content (AvgIpc) is 2.79. The predicted molar refractivity (Wildman–Crippen MR) is 69.9 cm³/mol. The zero-order valence-corrected chi connectivity index (χ0v) is 10.5. The third-order valence-corrected chi connectivity index (χ3v) is 3.37. The second kappa shape index (κ2) is 4.85. The number of carboxylic acid groups (broad SMARTS) is 1. The molecule has 1 aliphatic heterocycles. The maximum Gasteiger partial charge on any atom is 0.304 e. The van der Waals surface area contributed by atoms with Crippen LogP contribution in [0.25, 0.3) is 5.69 Å². The van der Waals surface area contributed by atoms with E-state index in [9.17, 15) is 4.79 Å². The zero-order chi connectivity index (χ0) is 13.2. The molecule has 0 saturated carbocycles. The molecule has 0 spiro atoms. The Hall–Kier alpha value is -2.14. The van der Waals surface area contributed by atoms with Crippen molar-refractivity contribution in [2.45, 2.75) is 19.5 Å². The summed E-state index contributed by atoms with van der Waals surface area (Å²) in [6.07, 6.45) is 3.89. The molecule has 0 radical (unpaired) electrons. The van der Waals surface area contributed by atoms with Crippen LogP contribution >= 0.6 is 0 Å². The number of para-hydroxylation sites is 1. The first-order valence-corrected chi connectivity index (χ1v) is 6.28. The van der Waals surface area contributed by atoms with Crippen molar-refractivity contribution < 1.29 is 9.90 Å².